The van der Waals surface area contributed by atoms with Crippen molar-refractivity contribution in [1.29, 1.82) is 0 Å². The summed E-state index contributed by atoms with van der Waals surface area (Å²) in [6.45, 7) is 12.4. The highest BCUT2D eigenvalue weighted by molar-refractivity contribution is 7.17. The fraction of sp³-hybridized carbons (Fsp3) is 0.462. The molecular weight excluding hydrogens is 460 g/mol. The van der Waals surface area contributed by atoms with Crippen LogP contribution in [0.4, 0.5) is 0 Å². The van der Waals surface area contributed by atoms with E-state index in [9.17, 15) is 9.59 Å². The first kappa shape index (κ1) is 25.2. The van der Waals surface area contributed by atoms with Gasteiger partial charge < -0.3 is 10.2 Å². The second kappa shape index (κ2) is 11.2. The SMILES string of the molecule is Cc1nc(-c2c(C)c(C)nn(C)c2=O)sc1C(=O)NCCCN1CCN(Cc2ccccc2)CC1. The van der Waals surface area contributed by atoms with Crippen molar-refractivity contribution in [2.75, 3.05) is 39.3 Å². The molecule has 0 unspecified atom stereocenters. The molecule has 1 N–H and O–H groups in total. The molecule has 0 bridgehead atoms. The van der Waals surface area contributed by atoms with Crippen molar-refractivity contribution in [3.05, 3.63) is 68.1 Å². The molecule has 0 aliphatic carbocycles. The molecule has 3 aromatic rings. The fourth-order valence-corrected chi connectivity index (χ4v) is 5.49. The maximum atomic E-state index is 12.8. The summed E-state index contributed by atoms with van der Waals surface area (Å²) >= 11 is 1.27. The second-order valence-electron chi connectivity index (χ2n) is 9.16. The van der Waals surface area contributed by atoms with E-state index in [4.69, 9.17) is 0 Å². The lowest BCUT2D eigenvalue weighted by Crippen LogP contribution is -2.46. The highest BCUT2D eigenvalue weighted by Crippen LogP contribution is 2.28. The zero-order valence-electron chi connectivity index (χ0n) is 21.0. The van der Waals surface area contributed by atoms with Crippen molar-refractivity contribution < 1.29 is 4.79 Å². The number of aromatic nitrogens is 3. The van der Waals surface area contributed by atoms with Crippen LogP contribution in [0.2, 0.25) is 0 Å². The van der Waals surface area contributed by atoms with Crippen LogP contribution < -0.4 is 10.9 Å². The van der Waals surface area contributed by atoms with Gasteiger partial charge in [-0.05, 0) is 44.9 Å². The van der Waals surface area contributed by atoms with Crippen molar-refractivity contribution in [3.8, 4) is 10.6 Å². The van der Waals surface area contributed by atoms with Crippen molar-refractivity contribution in [1.82, 2.24) is 29.9 Å². The van der Waals surface area contributed by atoms with E-state index < -0.39 is 0 Å². The number of hydrogen-bond acceptors (Lipinski definition) is 7. The standard InChI is InChI=1S/C26H34N6O2S/c1-18-19(2)29-30(4)26(34)22(18)25-28-20(3)23(35-25)24(33)27-11-8-12-31-13-15-32(16-14-31)17-21-9-6-5-7-10-21/h5-7,9-10H,8,11-17H2,1-4H3,(H,27,33). The lowest BCUT2D eigenvalue weighted by Gasteiger charge is -2.34. The summed E-state index contributed by atoms with van der Waals surface area (Å²) in [5.41, 5.74) is 3.92. The van der Waals surface area contributed by atoms with Crippen LogP contribution in [0.25, 0.3) is 10.6 Å². The third-order valence-corrected chi connectivity index (χ3v) is 7.77. The average molecular weight is 495 g/mol. The smallest absolute Gasteiger partial charge is 0.277 e. The van der Waals surface area contributed by atoms with Gasteiger partial charge >= 0.3 is 0 Å². The van der Waals surface area contributed by atoms with Gasteiger partial charge in [0.1, 0.15) is 9.88 Å². The van der Waals surface area contributed by atoms with Crippen LogP contribution in [0.5, 0.6) is 0 Å². The van der Waals surface area contributed by atoms with E-state index in [-0.39, 0.29) is 11.5 Å². The first-order chi connectivity index (χ1) is 16.8. The maximum Gasteiger partial charge on any atom is 0.277 e. The normalized spacial score (nSPS) is 14.9. The van der Waals surface area contributed by atoms with E-state index >= 15 is 0 Å². The van der Waals surface area contributed by atoms with Gasteiger partial charge in [-0.2, -0.15) is 5.10 Å². The number of nitrogens with one attached hydrogen (secondary N) is 1. The molecule has 1 aliphatic heterocycles. The Morgan fingerprint density at radius 3 is 2.43 bits per heavy atom. The van der Waals surface area contributed by atoms with Gasteiger partial charge in [-0.3, -0.25) is 14.5 Å². The number of carbonyl (C=O) groups is 1. The van der Waals surface area contributed by atoms with E-state index in [2.05, 4.69) is 55.5 Å². The maximum absolute atomic E-state index is 12.8. The third-order valence-electron chi connectivity index (χ3n) is 6.59. The minimum Gasteiger partial charge on any atom is -0.351 e. The Morgan fingerprint density at radius 1 is 1.03 bits per heavy atom. The average Bonchev–Trinajstić information content (AvgIpc) is 3.23. The van der Waals surface area contributed by atoms with Gasteiger partial charge in [-0.15, -0.1) is 11.3 Å². The molecule has 1 aromatic carbocycles. The summed E-state index contributed by atoms with van der Waals surface area (Å²) < 4.78 is 1.33. The van der Waals surface area contributed by atoms with Crippen molar-refractivity contribution >= 4 is 17.2 Å². The van der Waals surface area contributed by atoms with Crippen molar-refractivity contribution in [3.63, 3.8) is 0 Å². The predicted molar refractivity (Wildman–Crippen MR) is 140 cm³/mol. The summed E-state index contributed by atoms with van der Waals surface area (Å²) in [4.78, 5) is 35.6. The molecule has 1 aliphatic rings. The minimum atomic E-state index is -0.197. The minimum absolute atomic E-state index is 0.126. The topological polar surface area (TPSA) is 83.4 Å². The zero-order chi connectivity index (χ0) is 24.9. The van der Waals surface area contributed by atoms with Crippen LogP contribution in [-0.2, 0) is 13.6 Å². The molecule has 1 fully saturated rings. The number of amides is 1. The Morgan fingerprint density at radius 2 is 1.71 bits per heavy atom. The van der Waals surface area contributed by atoms with Crippen molar-refractivity contribution in [2.24, 2.45) is 7.05 Å². The highest BCUT2D eigenvalue weighted by Gasteiger charge is 2.21. The molecule has 2 aromatic heterocycles. The number of carbonyl (C=O) groups excluding carboxylic acids is 1. The van der Waals surface area contributed by atoms with Gasteiger partial charge in [0, 0.05) is 46.3 Å². The molecule has 4 rings (SSSR count). The Balaban J connectivity index is 1.25. The van der Waals surface area contributed by atoms with E-state index in [1.807, 2.05) is 20.8 Å². The molecule has 9 heteroatoms. The number of aryl methyl sites for hydroxylation is 3. The largest absolute Gasteiger partial charge is 0.351 e. The summed E-state index contributed by atoms with van der Waals surface area (Å²) in [6, 6.07) is 10.6. The molecule has 0 radical (unpaired) electrons. The molecule has 0 spiro atoms. The molecule has 8 nitrogen and oxygen atoms in total. The fourth-order valence-electron chi connectivity index (χ4n) is 4.41. The Labute approximate surface area is 210 Å². The molecule has 0 saturated carbocycles. The lowest BCUT2D eigenvalue weighted by atomic mass is 10.1. The molecule has 0 atom stereocenters. The van der Waals surface area contributed by atoms with Gasteiger partial charge in [0.05, 0.1) is 17.0 Å². The second-order valence-corrected chi connectivity index (χ2v) is 10.2. The van der Waals surface area contributed by atoms with E-state index in [0.717, 1.165) is 56.9 Å². The van der Waals surface area contributed by atoms with Crippen LogP contribution in [0.15, 0.2) is 35.1 Å². The van der Waals surface area contributed by atoms with Gasteiger partial charge in [0.25, 0.3) is 11.5 Å². The van der Waals surface area contributed by atoms with Crippen LogP contribution in [0.1, 0.15) is 38.6 Å². The number of benzene rings is 1. The summed E-state index contributed by atoms with van der Waals surface area (Å²) in [5, 5.41) is 7.84. The predicted octanol–water partition coefficient (Wildman–Crippen LogP) is 2.77. The first-order valence-electron chi connectivity index (χ1n) is 12.1. The van der Waals surface area contributed by atoms with Crippen molar-refractivity contribution in [2.45, 2.75) is 33.7 Å². The van der Waals surface area contributed by atoms with E-state index in [1.54, 1.807) is 7.05 Å². The van der Waals surface area contributed by atoms with Crippen LogP contribution in [0, 0.1) is 20.8 Å². The molecular formula is C26H34N6O2S. The molecule has 1 amide bonds. The molecule has 3 heterocycles. The number of thiazole rings is 1. The van der Waals surface area contributed by atoms with Gasteiger partial charge in [0.2, 0.25) is 0 Å². The molecule has 186 valence electrons. The molecule has 35 heavy (non-hydrogen) atoms. The zero-order valence-corrected chi connectivity index (χ0v) is 21.8. The van der Waals surface area contributed by atoms with Gasteiger partial charge in [0.15, 0.2) is 0 Å². The van der Waals surface area contributed by atoms with Gasteiger partial charge in [-0.1, -0.05) is 30.3 Å². The van der Waals surface area contributed by atoms with E-state index in [0.29, 0.717) is 27.7 Å². The Kier molecular flexibility index (Phi) is 8.10. The Hall–Kier alpha value is -2.88. The van der Waals surface area contributed by atoms with Crippen LogP contribution in [-0.4, -0.2) is 69.7 Å². The van der Waals surface area contributed by atoms with Crippen LogP contribution in [0.3, 0.4) is 0 Å². The third kappa shape index (κ3) is 6.04. The number of nitrogens with zero attached hydrogens (tertiary/aromatic N) is 5. The summed E-state index contributed by atoms with van der Waals surface area (Å²) in [7, 11) is 1.63. The molecule has 1 saturated heterocycles. The lowest BCUT2D eigenvalue weighted by molar-refractivity contribution is 0.0950. The Bertz CT molecular complexity index is 1230. The number of rotatable bonds is 8. The number of hydrogen-bond donors (Lipinski definition) is 1. The van der Waals surface area contributed by atoms with Crippen LogP contribution >= 0.6 is 11.3 Å². The first-order valence-corrected chi connectivity index (χ1v) is 12.9. The summed E-state index contributed by atoms with van der Waals surface area (Å²) in [6.07, 6.45) is 0.901. The summed E-state index contributed by atoms with van der Waals surface area (Å²) in [5.74, 6) is -0.126. The highest BCUT2D eigenvalue weighted by atomic mass is 32.1. The van der Waals surface area contributed by atoms with Gasteiger partial charge in [-0.25, -0.2) is 9.67 Å². The number of piperazine rings is 1. The quantitative estimate of drug-likeness (QED) is 0.485. The van der Waals surface area contributed by atoms with E-state index in [1.165, 1.54) is 21.6 Å². The monoisotopic (exact) mass is 494 g/mol.